The van der Waals surface area contributed by atoms with Gasteiger partial charge in [0.15, 0.2) is 0 Å². The highest BCUT2D eigenvalue weighted by atomic mass is 16.5. The van der Waals surface area contributed by atoms with Crippen LogP contribution in [0.3, 0.4) is 0 Å². The van der Waals surface area contributed by atoms with Crippen molar-refractivity contribution < 1.29 is 4.74 Å². The Balaban J connectivity index is 2.18. The van der Waals surface area contributed by atoms with Gasteiger partial charge in [0.25, 0.3) is 0 Å². The van der Waals surface area contributed by atoms with E-state index in [2.05, 4.69) is 25.7 Å². The van der Waals surface area contributed by atoms with Crippen molar-refractivity contribution >= 4 is 0 Å². The third kappa shape index (κ3) is 5.84. The van der Waals surface area contributed by atoms with Crippen molar-refractivity contribution in [1.82, 2.24) is 4.90 Å². The largest absolute Gasteiger partial charge is 0.380 e. The molecule has 0 aromatic rings. The number of nitrogens with zero attached hydrogens (tertiary/aromatic N) is 1. The Labute approximate surface area is 107 Å². The fourth-order valence-electron chi connectivity index (χ4n) is 2.57. The maximum Gasteiger partial charge on any atom is 0.0593 e. The number of hydrogen-bond donors (Lipinski definition) is 1. The molecule has 1 aliphatic rings. The minimum absolute atomic E-state index is 0.446. The van der Waals surface area contributed by atoms with Crippen LogP contribution < -0.4 is 5.73 Å². The van der Waals surface area contributed by atoms with Gasteiger partial charge in [-0.05, 0) is 38.1 Å². The number of hydrogen-bond acceptors (Lipinski definition) is 3. The minimum atomic E-state index is 0.446. The fourth-order valence-corrected chi connectivity index (χ4v) is 2.57. The van der Waals surface area contributed by atoms with E-state index in [9.17, 15) is 0 Å². The molecular formula is C14H30N2O. The summed E-state index contributed by atoms with van der Waals surface area (Å²) in [4.78, 5) is 2.56. The van der Waals surface area contributed by atoms with E-state index in [4.69, 9.17) is 10.5 Å². The van der Waals surface area contributed by atoms with Crippen LogP contribution in [0.25, 0.3) is 0 Å². The van der Waals surface area contributed by atoms with Gasteiger partial charge in [-0.2, -0.15) is 0 Å². The van der Waals surface area contributed by atoms with Gasteiger partial charge >= 0.3 is 0 Å². The molecule has 17 heavy (non-hydrogen) atoms. The van der Waals surface area contributed by atoms with Crippen LogP contribution in [-0.2, 0) is 4.74 Å². The maximum absolute atomic E-state index is 5.95. The Morgan fingerprint density at radius 2 is 1.88 bits per heavy atom. The van der Waals surface area contributed by atoms with Gasteiger partial charge in [-0.15, -0.1) is 0 Å². The lowest BCUT2D eigenvalue weighted by molar-refractivity contribution is 0.0651. The predicted molar refractivity (Wildman–Crippen MR) is 73.1 cm³/mol. The molecule has 0 amide bonds. The molecule has 0 heterocycles. The molecule has 1 rings (SSSR count). The van der Waals surface area contributed by atoms with Crippen molar-refractivity contribution in [2.24, 2.45) is 11.7 Å². The van der Waals surface area contributed by atoms with Gasteiger partial charge in [0, 0.05) is 25.2 Å². The number of nitrogens with two attached hydrogens (primary N) is 1. The second-order valence-corrected chi connectivity index (χ2v) is 5.67. The summed E-state index contributed by atoms with van der Waals surface area (Å²) in [7, 11) is 0. The Morgan fingerprint density at radius 3 is 2.41 bits per heavy atom. The van der Waals surface area contributed by atoms with E-state index in [0.29, 0.717) is 12.0 Å². The lowest BCUT2D eigenvalue weighted by Gasteiger charge is -2.35. The van der Waals surface area contributed by atoms with Crippen LogP contribution in [0.4, 0.5) is 0 Å². The molecule has 1 fully saturated rings. The van der Waals surface area contributed by atoms with Crippen molar-refractivity contribution in [3.63, 3.8) is 0 Å². The second-order valence-electron chi connectivity index (χ2n) is 5.67. The zero-order valence-corrected chi connectivity index (χ0v) is 11.8. The molecule has 0 atom stereocenters. The van der Waals surface area contributed by atoms with Crippen molar-refractivity contribution in [2.45, 2.75) is 58.5 Å². The normalized spacial score (nSPS) is 25.8. The topological polar surface area (TPSA) is 38.5 Å². The van der Waals surface area contributed by atoms with Crippen LogP contribution >= 0.6 is 0 Å². The summed E-state index contributed by atoms with van der Waals surface area (Å²) in [6.07, 6.45) is 4.90. The Bertz CT molecular complexity index is 189. The van der Waals surface area contributed by atoms with Gasteiger partial charge in [-0.25, -0.2) is 0 Å². The molecule has 2 N–H and O–H groups in total. The van der Waals surface area contributed by atoms with Crippen LogP contribution in [0.5, 0.6) is 0 Å². The summed E-state index contributed by atoms with van der Waals surface area (Å²) < 4.78 is 5.67. The molecule has 1 saturated carbocycles. The summed E-state index contributed by atoms with van der Waals surface area (Å²) in [5.74, 6) is 0.637. The molecule has 0 aliphatic heterocycles. The zero-order valence-electron chi connectivity index (χ0n) is 11.8. The monoisotopic (exact) mass is 242 g/mol. The maximum atomic E-state index is 5.95. The first kappa shape index (κ1) is 14.9. The average Bonchev–Trinajstić information content (AvgIpc) is 2.30. The standard InChI is InChI=1S/C14H30N2O/c1-4-16(9-10-17-11-12(2)3)14-7-5-13(15)6-8-14/h12-14H,4-11,15H2,1-3H3. The molecule has 0 saturated heterocycles. The van der Waals surface area contributed by atoms with E-state index in [-0.39, 0.29) is 0 Å². The first-order chi connectivity index (χ1) is 8.13. The Kier molecular flexibility index (Phi) is 7.09. The smallest absolute Gasteiger partial charge is 0.0593 e. The summed E-state index contributed by atoms with van der Waals surface area (Å²) in [5.41, 5.74) is 5.95. The van der Waals surface area contributed by atoms with Gasteiger partial charge in [0.1, 0.15) is 0 Å². The lowest BCUT2D eigenvalue weighted by atomic mass is 9.91. The molecule has 0 unspecified atom stereocenters. The van der Waals surface area contributed by atoms with E-state index in [1.165, 1.54) is 25.7 Å². The molecule has 0 aromatic carbocycles. The highest BCUT2D eigenvalue weighted by Crippen LogP contribution is 2.21. The van der Waals surface area contributed by atoms with Crippen molar-refractivity contribution in [3.8, 4) is 0 Å². The van der Waals surface area contributed by atoms with Crippen molar-refractivity contribution in [1.29, 1.82) is 0 Å². The van der Waals surface area contributed by atoms with E-state index >= 15 is 0 Å². The Hall–Kier alpha value is -0.120. The van der Waals surface area contributed by atoms with Crippen LogP contribution in [0, 0.1) is 5.92 Å². The number of likely N-dealkylation sites (N-methyl/N-ethyl adjacent to an activating group) is 1. The zero-order chi connectivity index (χ0) is 12.7. The summed E-state index contributed by atoms with van der Waals surface area (Å²) in [6, 6.07) is 1.18. The fraction of sp³-hybridized carbons (Fsp3) is 1.00. The van der Waals surface area contributed by atoms with Gasteiger partial charge in [0.2, 0.25) is 0 Å². The predicted octanol–water partition coefficient (Wildman–Crippen LogP) is 2.25. The molecule has 3 nitrogen and oxygen atoms in total. The van der Waals surface area contributed by atoms with Gasteiger partial charge in [-0.3, -0.25) is 4.90 Å². The summed E-state index contributed by atoms with van der Waals surface area (Å²) in [5, 5.41) is 0. The lowest BCUT2D eigenvalue weighted by Crippen LogP contribution is -2.42. The quantitative estimate of drug-likeness (QED) is 0.696. The molecule has 0 spiro atoms. The third-order valence-electron chi connectivity index (χ3n) is 3.64. The van der Waals surface area contributed by atoms with Crippen molar-refractivity contribution in [3.05, 3.63) is 0 Å². The van der Waals surface area contributed by atoms with Gasteiger partial charge in [0.05, 0.1) is 6.61 Å². The van der Waals surface area contributed by atoms with E-state index in [1.807, 2.05) is 0 Å². The first-order valence-corrected chi connectivity index (χ1v) is 7.20. The van der Waals surface area contributed by atoms with Crippen LogP contribution in [0.1, 0.15) is 46.5 Å². The molecular weight excluding hydrogens is 212 g/mol. The minimum Gasteiger partial charge on any atom is -0.380 e. The molecule has 0 radical (unpaired) electrons. The molecule has 1 aliphatic carbocycles. The SMILES string of the molecule is CCN(CCOCC(C)C)C1CCC(N)CC1. The molecule has 3 heteroatoms. The molecule has 0 aromatic heterocycles. The number of ether oxygens (including phenoxy) is 1. The van der Waals surface area contributed by atoms with E-state index < -0.39 is 0 Å². The first-order valence-electron chi connectivity index (χ1n) is 7.20. The highest BCUT2D eigenvalue weighted by Gasteiger charge is 2.22. The van der Waals surface area contributed by atoms with Crippen LogP contribution in [-0.4, -0.2) is 43.3 Å². The van der Waals surface area contributed by atoms with E-state index in [1.54, 1.807) is 0 Å². The third-order valence-corrected chi connectivity index (χ3v) is 3.64. The van der Waals surface area contributed by atoms with Gasteiger partial charge < -0.3 is 10.5 Å². The van der Waals surface area contributed by atoms with Crippen LogP contribution in [0.2, 0.25) is 0 Å². The summed E-state index contributed by atoms with van der Waals surface area (Å²) >= 11 is 0. The van der Waals surface area contributed by atoms with Crippen molar-refractivity contribution in [2.75, 3.05) is 26.3 Å². The van der Waals surface area contributed by atoms with Crippen LogP contribution in [0.15, 0.2) is 0 Å². The second kappa shape index (κ2) is 8.06. The average molecular weight is 242 g/mol. The summed E-state index contributed by atoms with van der Waals surface area (Å²) in [6.45, 7) is 10.6. The number of rotatable bonds is 7. The molecule has 0 bridgehead atoms. The molecule has 102 valence electrons. The van der Waals surface area contributed by atoms with E-state index in [0.717, 1.165) is 32.3 Å². The van der Waals surface area contributed by atoms with Gasteiger partial charge in [-0.1, -0.05) is 20.8 Å². The Morgan fingerprint density at radius 1 is 1.24 bits per heavy atom. The highest BCUT2D eigenvalue weighted by molar-refractivity contribution is 4.80.